The molecule has 0 saturated carbocycles. The Morgan fingerprint density at radius 2 is 1.22 bits per heavy atom. The van der Waals surface area contributed by atoms with Crippen molar-refractivity contribution in [3.63, 3.8) is 0 Å². The lowest BCUT2D eigenvalue weighted by atomic mass is 9.76. The van der Waals surface area contributed by atoms with E-state index in [0.717, 1.165) is 38.5 Å². The summed E-state index contributed by atoms with van der Waals surface area (Å²) < 4.78 is 0. The van der Waals surface area contributed by atoms with E-state index in [1.165, 1.54) is 98.6 Å². The number of rotatable bonds is 4. The van der Waals surface area contributed by atoms with E-state index in [4.69, 9.17) is 0 Å². The number of hydrogen-bond acceptors (Lipinski definition) is 0. The summed E-state index contributed by atoms with van der Waals surface area (Å²) in [6, 6.07) is 51.5. The number of benzene rings is 7. The smallest absolute Gasteiger partial charge is 0.0155 e. The second-order valence-corrected chi connectivity index (χ2v) is 19.5. The van der Waals surface area contributed by atoms with Crippen LogP contribution in [0.25, 0.3) is 82.9 Å². The standard InChI is InChI=1S/C57H45P/c1-57(2)51-25-12-10-20-43(51)44-30-28-39(35-52(44)57)56-47-23-9-8-22-46(47)55(48-31-27-37(33-50(48)56)42-24-14-16-36-15-6-7-19-41(36)42)38-29-32-54-49(34-38)45-21-11-13-26-53(45)58(54)40-17-4-3-5-18-40/h3-6,8-10,12-18,20,22-27,29,31-35H,7,11,19,21,28,30H2,1-2H3. The van der Waals surface area contributed by atoms with Crippen LogP contribution < -0.4 is 0 Å². The van der Waals surface area contributed by atoms with Gasteiger partial charge in [-0.3, -0.25) is 0 Å². The van der Waals surface area contributed by atoms with Crippen LogP contribution in [0.4, 0.5) is 0 Å². The highest BCUT2D eigenvalue weighted by Crippen LogP contribution is 2.57. The fraction of sp³-hybridized carbons (Fsp3) is 0.158. The summed E-state index contributed by atoms with van der Waals surface area (Å²) in [5, 5.41) is 11.4. The van der Waals surface area contributed by atoms with Crippen LogP contribution in [0, 0.1) is 0 Å². The number of fused-ring (bicyclic) bond motifs is 8. The average Bonchev–Trinajstić information content (AvgIpc) is 3.73. The average molecular weight is 761 g/mol. The molecule has 1 heterocycles. The molecule has 278 valence electrons. The van der Waals surface area contributed by atoms with E-state index in [9.17, 15) is 0 Å². The first-order valence-electron chi connectivity index (χ1n) is 21.3. The summed E-state index contributed by atoms with van der Waals surface area (Å²) in [5.41, 5.74) is 18.6. The molecule has 1 atom stereocenters. The Balaban J connectivity index is 1.14. The highest BCUT2D eigenvalue weighted by molar-refractivity contribution is 7.64. The van der Waals surface area contributed by atoms with Crippen molar-refractivity contribution in [3.05, 3.63) is 196 Å². The van der Waals surface area contributed by atoms with E-state index in [0.29, 0.717) is 0 Å². The van der Waals surface area contributed by atoms with Crippen LogP contribution in [0.3, 0.4) is 0 Å². The molecule has 1 aromatic heterocycles. The molecule has 0 N–H and O–H groups in total. The molecule has 58 heavy (non-hydrogen) atoms. The fourth-order valence-electron chi connectivity index (χ4n) is 11.2. The first-order valence-corrected chi connectivity index (χ1v) is 22.6. The third-order valence-corrected chi connectivity index (χ3v) is 16.5. The fourth-order valence-corrected chi connectivity index (χ4v) is 13.9. The highest BCUT2D eigenvalue weighted by atomic mass is 31.1. The van der Waals surface area contributed by atoms with Gasteiger partial charge in [0.15, 0.2) is 0 Å². The molecule has 0 aliphatic heterocycles. The Kier molecular flexibility index (Phi) is 7.67. The van der Waals surface area contributed by atoms with Crippen molar-refractivity contribution in [1.82, 2.24) is 0 Å². The maximum atomic E-state index is 2.60. The maximum Gasteiger partial charge on any atom is 0.0155 e. The van der Waals surface area contributed by atoms with Crippen LogP contribution in [-0.4, -0.2) is 0 Å². The molecule has 1 heteroatoms. The quantitative estimate of drug-likeness (QED) is 0.157. The van der Waals surface area contributed by atoms with Gasteiger partial charge in [-0.25, -0.2) is 0 Å². The van der Waals surface area contributed by atoms with Crippen molar-refractivity contribution in [2.45, 2.75) is 57.8 Å². The minimum atomic E-state index is -0.566. The molecule has 0 spiro atoms. The molecular formula is C57H45P. The van der Waals surface area contributed by atoms with Gasteiger partial charge < -0.3 is 0 Å². The van der Waals surface area contributed by atoms with E-state index in [1.54, 1.807) is 16.4 Å². The first-order chi connectivity index (χ1) is 28.5. The highest BCUT2D eigenvalue weighted by Gasteiger charge is 2.38. The van der Waals surface area contributed by atoms with Crippen LogP contribution in [0.15, 0.2) is 157 Å². The van der Waals surface area contributed by atoms with Crippen molar-refractivity contribution in [3.8, 4) is 27.6 Å². The van der Waals surface area contributed by atoms with Crippen molar-refractivity contribution in [2.75, 3.05) is 0 Å². The number of aryl methyl sites for hydroxylation is 1. The molecule has 0 bridgehead atoms. The van der Waals surface area contributed by atoms with Crippen LogP contribution in [0.2, 0.25) is 0 Å². The summed E-state index contributed by atoms with van der Waals surface area (Å²) in [4.78, 5) is 0. The molecule has 0 amide bonds. The van der Waals surface area contributed by atoms with Crippen molar-refractivity contribution in [1.29, 1.82) is 0 Å². The van der Waals surface area contributed by atoms with Gasteiger partial charge >= 0.3 is 0 Å². The second-order valence-electron chi connectivity index (χ2n) is 17.3. The minimum absolute atomic E-state index is 0.0314. The van der Waals surface area contributed by atoms with Crippen LogP contribution >= 0.6 is 7.53 Å². The molecule has 0 saturated heterocycles. The monoisotopic (exact) mass is 760 g/mol. The number of allylic oxidation sites excluding steroid dienone is 6. The molecule has 8 aromatic rings. The second kappa shape index (κ2) is 13.0. The third-order valence-electron chi connectivity index (χ3n) is 13.9. The lowest BCUT2D eigenvalue weighted by Crippen LogP contribution is -2.17. The van der Waals surface area contributed by atoms with E-state index in [-0.39, 0.29) is 5.41 Å². The van der Waals surface area contributed by atoms with Gasteiger partial charge in [0, 0.05) is 15.8 Å². The SMILES string of the molecule is CC1(C)C2=C(CCC(c3c4ccccc4c(-c4ccc5c(c4)c4c(p5-c5ccccc5)C=CCC4)c4ccc(-c5cccc6c5CCC=C6)cc34)=C2)c2ccccc21. The Hall–Kier alpha value is -5.94. The lowest BCUT2D eigenvalue weighted by Gasteiger charge is -2.27. The van der Waals surface area contributed by atoms with Gasteiger partial charge in [0.25, 0.3) is 0 Å². The summed E-state index contributed by atoms with van der Waals surface area (Å²) in [7, 11) is -0.566. The van der Waals surface area contributed by atoms with Crippen molar-refractivity contribution >= 4 is 62.9 Å². The first kappa shape index (κ1) is 34.1. The summed E-state index contributed by atoms with van der Waals surface area (Å²) in [5.74, 6) is 0. The van der Waals surface area contributed by atoms with Crippen LogP contribution in [0.5, 0.6) is 0 Å². The molecule has 7 aromatic carbocycles. The van der Waals surface area contributed by atoms with Crippen molar-refractivity contribution in [2.24, 2.45) is 0 Å². The molecular weight excluding hydrogens is 716 g/mol. The number of hydrogen-bond donors (Lipinski definition) is 0. The molecule has 0 nitrogen and oxygen atoms in total. The Bertz CT molecular complexity index is 3170. The predicted molar refractivity (Wildman–Crippen MR) is 252 cm³/mol. The zero-order valence-corrected chi connectivity index (χ0v) is 34.2. The van der Waals surface area contributed by atoms with Crippen LogP contribution in [0.1, 0.15) is 78.2 Å². The van der Waals surface area contributed by atoms with Gasteiger partial charge in [-0.05, 0) is 161 Å². The van der Waals surface area contributed by atoms with Gasteiger partial charge in [0.1, 0.15) is 0 Å². The normalized spacial score (nSPS) is 16.7. The zero-order valence-electron chi connectivity index (χ0n) is 33.3. The lowest BCUT2D eigenvalue weighted by molar-refractivity contribution is 0.652. The molecule has 0 fully saturated rings. The Morgan fingerprint density at radius 1 is 0.517 bits per heavy atom. The third kappa shape index (κ3) is 5.01. The predicted octanol–water partition coefficient (Wildman–Crippen LogP) is 16.3. The van der Waals surface area contributed by atoms with E-state index >= 15 is 0 Å². The van der Waals surface area contributed by atoms with Gasteiger partial charge in [0.05, 0.1) is 0 Å². The van der Waals surface area contributed by atoms with Gasteiger partial charge in [-0.1, -0.05) is 167 Å². The Labute approximate surface area is 342 Å². The zero-order chi connectivity index (χ0) is 38.5. The summed E-state index contributed by atoms with van der Waals surface area (Å²) >= 11 is 0. The van der Waals surface area contributed by atoms with E-state index < -0.39 is 7.53 Å². The van der Waals surface area contributed by atoms with Crippen LogP contribution in [-0.2, 0) is 18.3 Å². The topological polar surface area (TPSA) is 0 Å². The van der Waals surface area contributed by atoms with Gasteiger partial charge in [-0.2, -0.15) is 0 Å². The molecule has 4 aliphatic rings. The maximum absolute atomic E-state index is 2.60. The Morgan fingerprint density at radius 3 is 2.10 bits per heavy atom. The van der Waals surface area contributed by atoms with E-state index in [1.807, 2.05) is 0 Å². The van der Waals surface area contributed by atoms with Crippen molar-refractivity contribution < 1.29 is 0 Å². The summed E-state index contributed by atoms with van der Waals surface area (Å²) in [6.45, 7) is 4.86. The molecule has 1 unspecified atom stereocenters. The minimum Gasteiger partial charge on any atom is -0.0836 e. The molecule has 4 aliphatic carbocycles. The van der Waals surface area contributed by atoms with Gasteiger partial charge in [-0.15, -0.1) is 0 Å². The largest absolute Gasteiger partial charge is 0.0836 e. The molecule has 0 radical (unpaired) electrons. The van der Waals surface area contributed by atoms with Gasteiger partial charge in [0.2, 0.25) is 0 Å². The van der Waals surface area contributed by atoms with E-state index in [2.05, 4.69) is 178 Å². The summed E-state index contributed by atoms with van der Waals surface area (Å²) in [6.07, 6.45) is 18.6. The molecule has 12 rings (SSSR count).